The van der Waals surface area contributed by atoms with Gasteiger partial charge in [0, 0.05) is 18.1 Å². The minimum Gasteiger partial charge on any atom is -0.353 e. The van der Waals surface area contributed by atoms with Crippen LogP contribution in [0.5, 0.6) is 0 Å². The van der Waals surface area contributed by atoms with Gasteiger partial charge >= 0.3 is 6.03 Å². The van der Waals surface area contributed by atoms with Gasteiger partial charge in [0.1, 0.15) is 0 Å². The summed E-state index contributed by atoms with van der Waals surface area (Å²) in [6, 6.07) is 1.63. The molecule has 4 aliphatic rings. The van der Waals surface area contributed by atoms with Crippen LogP contribution >= 0.6 is 0 Å². The summed E-state index contributed by atoms with van der Waals surface area (Å²) < 4.78 is 0. The molecule has 4 aliphatic carbocycles. The Bertz CT molecular complexity index is 568. The van der Waals surface area contributed by atoms with Crippen LogP contribution in [0.2, 0.25) is 0 Å². The summed E-state index contributed by atoms with van der Waals surface area (Å²) in [5.74, 6) is 0.916. The molecule has 4 rings (SSSR count). The summed E-state index contributed by atoms with van der Waals surface area (Å²) in [5.41, 5.74) is 0. The van der Waals surface area contributed by atoms with E-state index in [1.807, 2.05) is 0 Å². The van der Waals surface area contributed by atoms with E-state index < -0.39 is 0 Å². The molecule has 0 aromatic heterocycles. The van der Waals surface area contributed by atoms with Crippen LogP contribution in [0.4, 0.5) is 4.79 Å². The predicted molar refractivity (Wildman–Crippen MR) is 128 cm³/mol. The Kier molecular flexibility index (Phi) is 8.95. The smallest absolute Gasteiger partial charge is 0.324 e. The van der Waals surface area contributed by atoms with Gasteiger partial charge in [-0.3, -0.25) is 4.90 Å². The number of nitrogens with zero attached hydrogens (tertiary/aromatic N) is 2. The molecule has 0 unspecified atom stereocenters. The molecule has 5 nitrogen and oxygen atoms in total. The lowest BCUT2D eigenvalue weighted by Gasteiger charge is -2.39. The summed E-state index contributed by atoms with van der Waals surface area (Å²) in [4.78, 5) is 21.1. The van der Waals surface area contributed by atoms with Crippen molar-refractivity contribution in [3.8, 4) is 0 Å². The fourth-order valence-corrected chi connectivity index (χ4v) is 6.25. The van der Waals surface area contributed by atoms with E-state index in [0.717, 1.165) is 31.6 Å². The molecule has 0 spiro atoms. The monoisotopic (exact) mass is 430 g/mol. The van der Waals surface area contributed by atoms with Crippen LogP contribution in [0.1, 0.15) is 128 Å². The van der Waals surface area contributed by atoms with Crippen molar-refractivity contribution < 1.29 is 4.79 Å². The highest BCUT2D eigenvalue weighted by atomic mass is 16.2. The highest BCUT2D eigenvalue weighted by Crippen LogP contribution is 2.27. The van der Waals surface area contributed by atoms with E-state index in [0.29, 0.717) is 24.2 Å². The zero-order valence-electron chi connectivity index (χ0n) is 19.8. The molecule has 2 N–H and O–H groups in total. The average molecular weight is 431 g/mol. The van der Waals surface area contributed by atoms with Gasteiger partial charge in [0.25, 0.3) is 0 Å². The van der Waals surface area contributed by atoms with Gasteiger partial charge in [-0.25, -0.2) is 9.79 Å². The number of aliphatic imine (C=N–C) groups is 1. The number of amides is 2. The molecule has 0 atom stereocenters. The zero-order chi connectivity index (χ0) is 21.3. The van der Waals surface area contributed by atoms with Crippen molar-refractivity contribution in [2.45, 2.75) is 153 Å². The van der Waals surface area contributed by atoms with Crippen molar-refractivity contribution in [3.05, 3.63) is 0 Å². The first-order chi connectivity index (χ1) is 15.3. The Morgan fingerprint density at radius 2 is 1.03 bits per heavy atom. The summed E-state index contributed by atoms with van der Waals surface area (Å²) in [6.45, 7) is 0. The molecular formula is C26H46N4O. The SMILES string of the molecule is O=C(NC1CCCCC1)N(C(=NC1CCCCC1)NC1CCCCC1)C1CCCCC1. The molecule has 5 heteroatoms. The molecule has 0 saturated heterocycles. The second-order valence-corrected chi connectivity index (χ2v) is 10.7. The van der Waals surface area contributed by atoms with Crippen molar-refractivity contribution in [1.29, 1.82) is 0 Å². The van der Waals surface area contributed by atoms with Crippen molar-refractivity contribution >= 4 is 12.0 Å². The number of urea groups is 1. The van der Waals surface area contributed by atoms with Crippen LogP contribution in [0.25, 0.3) is 0 Å². The molecular weight excluding hydrogens is 384 g/mol. The molecule has 2 amide bonds. The first-order valence-electron chi connectivity index (χ1n) is 13.7. The first-order valence-corrected chi connectivity index (χ1v) is 13.7. The van der Waals surface area contributed by atoms with E-state index in [4.69, 9.17) is 4.99 Å². The highest BCUT2D eigenvalue weighted by Gasteiger charge is 2.33. The van der Waals surface area contributed by atoms with Gasteiger partial charge in [-0.05, 0) is 51.4 Å². The molecule has 0 heterocycles. The lowest BCUT2D eigenvalue weighted by Crippen LogP contribution is -2.58. The van der Waals surface area contributed by atoms with Crippen molar-refractivity contribution in [1.82, 2.24) is 15.5 Å². The molecule has 0 bridgehead atoms. The largest absolute Gasteiger partial charge is 0.353 e. The zero-order valence-corrected chi connectivity index (χ0v) is 19.8. The summed E-state index contributed by atoms with van der Waals surface area (Å²) in [7, 11) is 0. The van der Waals surface area contributed by atoms with Crippen LogP contribution in [-0.4, -0.2) is 41.1 Å². The Morgan fingerprint density at radius 3 is 1.58 bits per heavy atom. The summed E-state index contributed by atoms with van der Waals surface area (Å²) in [5, 5.41) is 7.27. The molecule has 176 valence electrons. The van der Waals surface area contributed by atoms with Crippen molar-refractivity contribution in [2.75, 3.05) is 0 Å². The number of hydrogen-bond acceptors (Lipinski definition) is 2. The third kappa shape index (κ3) is 6.86. The maximum Gasteiger partial charge on any atom is 0.324 e. The normalized spacial score (nSPS) is 25.9. The minimum absolute atomic E-state index is 0.122. The average Bonchev–Trinajstić information content (AvgIpc) is 2.82. The van der Waals surface area contributed by atoms with E-state index in [9.17, 15) is 4.79 Å². The first kappa shape index (κ1) is 22.9. The standard InChI is InChI=1S/C26H46N4O/c31-26(29-23-17-9-3-10-18-23)30(24-19-11-4-12-20-24)25(27-21-13-5-1-6-14-21)28-22-15-7-2-8-16-22/h21-24H,1-20H2,(H,27,28)(H,29,31). The Morgan fingerprint density at radius 1 is 0.581 bits per heavy atom. The van der Waals surface area contributed by atoms with Crippen molar-refractivity contribution in [2.24, 2.45) is 4.99 Å². The number of rotatable bonds is 4. The molecule has 0 aliphatic heterocycles. The Labute approximate surface area is 190 Å². The topological polar surface area (TPSA) is 56.7 Å². The summed E-state index contributed by atoms with van der Waals surface area (Å²) >= 11 is 0. The molecule has 4 saturated carbocycles. The second-order valence-electron chi connectivity index (χ2n) is 10.7. The molecule has 0 radical (unpaired) electrons. The summed E-state index contributed by atoms with van der Waals surface area (Å²) in [6.07, 6.45) is 24.7. The highest BCUT2D eigenvalue weighted by molar-refractivity contribution is 5.97. The van der Waals surface area contributed by atoms with Gasteiger partial charge in [-0.2, -0.15) is 0 Å². The van der Waals surface area contributed by atoms with E-state index >= 15 is 0 Å². The van der Waals surface area contributed by atoms with E-state index in [-0.39, 0.29) is 6.03 Å². The predicted octanol–water partition coefficient (Wildman–Crippen LogP) is 6.27. The number of hydrogen-bond donors (Lipinski definition) is 2. The fraction of sp³-hybridized carbons (Fsp3) is 0.923. The third-order valence-electron chi connectivity index (χ3n) is 8.14. The van der Waals surface area contributed by atoms with E-state index in [1.165, 1.54) is 103 Å². The van der Waals surface area contributed by atoms with Gasteiger partial charge in [0.05, 0.1) is 6.04 Å². The molecule has 0 aromatic carbocycles. The van der Waals surface area contributed by atoms with Gasteiger partial charge in [-0.1, -0.05) is 77.0 Å². The quantitative estimate of drug-likeness (QED) is 0.408. The van der Waals surface area contributed by atoms with Gasteiger partial charge in [-0.15, -0.1) is 0 Å². The van der Waals surface area contributed by atoms with Crippen LogP contribution in [0.15, 0.2) is 4.99 Å². The lowest BCUT2D eigenvalue weighted by molar-refractivity contribution is 0.184. The third-order valence-corrected chi connectivity index (χ3v) is 8.14. The maximum absolute atomic E-state index is 13.7. The number of nitrogens with one attached hydrogen (secondary N) is 2. The van der Waals surface area contributed by atoms with Gasteiger partial charge < -0.3 is 10.6 Å². The number of carbonyl (C=O) groups is 1. The van der Waals surface area contributed by atoms with E-state index in [2.05, 4.69) is 15.5 Å². The number of guanidine groups is 1. The van der Waals surface area contributed by atoms with Crippen LogP contribution in [0.3, 0.4) is 0 Å². The van der Waals surface area contributed by atoms with Crippen LogP contribution in [-0.2, 0) is 0 Å². The lowest BCUT2D eigenvalue weighted by atomic mass is 9.93. The number of carbonyl (C=O) groups excluding carboxylic acids is 1. The second kappa shape index (κ2) is 12.1. The van der Waals surface area contributed by atoms with Gasteiger partial charge in [0.2, 0.25) is 5.96 Å². The Hall–Kier alpha value is -1.26. The fourth-order valence-electron chi connectivity index (χ4n) is 6.25. The molecule has 4 fully saturated rings. The van der Waals surface area contributed by atoms with Gasteiger partial charge in [0.15, 0.2) is 0 Å². The molecule has 31 heavy (non-hydrogen) atoms. The van der Waals surface area contributed by atoms with Crippen molar-refractivity contribution in [3.63, 3.8) is 0 Å². The molecule has 0 aromatic rings. The van der Waals surface area contributed by atoms with Crippen LogP contribution < -0.4 is 10.6 Å². The maximum atomic E-state index is 13.7. The minimum atomic E-state index is 0.122. The van der Waals surface area contributed by atoms with Crippen LogP contribution in [0, 0.1) is 0 Å². The van der Waals surface area contributed by atoms with E-state index in [1.54, 1.807) is 0 Å². The Balaban J connectivity index is 1.55.